The first-order valence-electron chi connectivity index (χ1n) is 5.44. The summed E-state index contributed by atoms with van der Waals surface area (Å²) in [7, 11) is 0. The molecular formula is C11H11Cl3N4S. The molecule has 0 saturated heterocycles. The van der Waals surface area contributed by atoms with Gasteiger partial charge in [-0.05, 0) is 18.2 Å². The zero-order valence-corrected chi connectivity index (χ0v) is 12.9. The first kappa shape index (κ1) is 14.9. The maximum atomic E-state index is 6.20. The van der Waals surface area contributed by atoms with E-state index in [1.165, 1.54) is 0 Å². The second-order valence-corrected chi connectivity index (χ2v) is 6.13. The summed E-state index contributed by atoms with van der Waals surface area (Å²) in [6.45, 7) is 1.44. The second kappa shape index (κ2) is 5.89. The Morgan fingerprint density at radius 2 is 2.16 bits per heavy atom. The number of halogens is 3. The topological polar surface area (TPSA) is 56.7 Å². The number of nitrogens with two attached hydrogens (primary N) is 1. The zero-order valence-electron chi connectivity index (χ0n) is 9.72. The minimum absolute atomic E-state index is 0. The molecule has 1 unspecified atom stereocenters. The van der Waals surface area contributed by atoms with Crippen LogP contribution in [-0.2, 0) is 6.54 Å². The minimum Gasteiger partial charge on any atom is -0.329 e. The summed E-state index contributed by atoms with van der Waals surface area (Å²) in [6.07, 6.45) is 0. The van der Waals surface area contributed by atoms with Crippen molar-refractivity contribution in [2.75, 3.05) is 6.54 Å². The lowest BCUT2D eigenvalue weighted by atomic mass is 10.2. The van der Waals surface area contributed by atoms with E-state index in [4.69, 9.17) is 28.9 Å². The molecular weight excluding hydrogens is 327 g/mol. The van der Waals surface area contributed by atoms with Crippen molar-refractivity contribution in [1.82, 2.24) is 14.8 Å². The highest BCUT2D eigenvalue weighted by Crippen LogP contribution is 2.36. The smallest absolute Gasteiger partial charge is 0.191 e. The normalized spacial score (nSPS) is 17.1. The maximum absolute atomic E-state index is 6.20. The van der Waals surface area contributed by atoms with E-state index in [9.17, 15) is 0 Å². The van der Waals surface area contributed by atoms with Crippen molar-refractivity contribution in [3.63, 3.8) is 0 Å². The average Bonchev–Trinajstić information content (AvgIpc) is 2.89. The molecule has 0 saturated carbocycles. The lowest BCUT2D eigenvalue weighted by Gasteiger charge is -2.07. The van der Waals surface area contributed by atoms with E-state index in [1.54, 1.807) is 23.9 Å². The molecule has 0 spiro atoms. The van der Waals surface area contributed by atoms with Gasteiger partial charge in [-0.3, -0.25) is 0 Å². The van der Waals surface area contributed by atoms with E-state index < -0.39 is 0 Å². The molecule has 0 fully saturated rings. The van der Waals surface area contributed by atoms with Crippen LogP contribution in [0.3, 0.4) is 0 Å². The molecule has 19 heavy (non-hydrogen) atoms. The highest BCUT2D eigenvalue weighted by atomic mass is 35.5. The molecule has 2 aromatic rings. The lowest BCUT2D eigenvalue weighted by molar-refractivity contribution is 0.655. The van der Waals surface area contributed by atoms with Gasteiger partial charge in [0.05, 0.1) is 5.02 Å². The molecule has 0 amide bonds. The van der Waals surface area contributed by atoms with E-state index in [0.29, 0.717) is 21.8 Å². The van der Waals surface area contributed by atoms with Crippen molar-refractivity contribution in [3.8, 4) is 11.4 Å². The fourth-order valence-corrected chi connectivity index (χ4v) is 3.41. The highest BCUT2D eigenvalue weighted by Gasteiger charge is 2.27. The van der Waals surface area contributed by atoms with Crippen molar-refractivity contribution >= 4 is 47.4 Å². The number of rotatable bonds is 2. The number of aromatic nitrogens is 3. The minimum atomic E-state index is 0. The molecule has 1 aromatic heterocycles. The summed E-state index contributed by atoms with van der Waals surface area (Å²) in [5.74, 6) is 0.773. The van der Waals surface area contributed by atoms with Crippen LogP contribution in [-0.4, -0.2) is 26.6 Å². The maximum Gasteiger partial charge on any atom is 0.191 e. The van der Waals surface area contributed by atoms with Crippen LogP contribution in [0.5, 0.6) is 0 Å². The molecule has 1 aromatic carbocycles. The SMILES string of the molecule is Cl.NCC1Cn2c(nnc2-c2ccc(Cl)cc2Cl)S1. The van der Waals surface area contributed by atoms with E-state index in [1.807, 2.05) is 6.07 Å². The Morgan fingerprint density at radius 1 is 1.37 bits per heavy atom. The predicted molar refractivity (Wildman–Crippen MR) is 81.4 cm³/mol. The third-order valence-electron chi connectivity index (χ3n) is 2.81. The fraction of sp³-hybridized carbons (Fsp3) is 0.273. The van der Waals surface area contributed by atoms with Crippen LogP contribution >= 0.6 is 47.4 Å². The molecule has 1 aliphatic rings. The van der Waals surface area contributed by atoms with Gasteiger partial charge in [-0.25, -0.2) is 0 Å². The zero-order chi connectivity index (χ0) is 12.7. The number of nitrogens with zero attached hydrogens (tertiary/aromatic N) is 3. The number of fused-ring (bicyclic) bond motifs is 1. The number of benzene rings is 1. The molecule has 0 radical (unpaired) electrons. The Hall–Kier alpha value is -0.460. The Kier molecular flexibility index (Phi) is 4.63. The van der Waals surface area contributed by atoms with Gasteiger partial charge >= 0.3 is 0 Å². The van der Waals surface area contributed by atoms with Crippen molar-refractivity contribution in [2.24, 2.45) is 5.73 Å². The first-order chi connectivity index (χ1) is 8.69. The van der Waals surface area contributed by atoms with Crippen LogP contribution in [0, 0.1) is 0 Å². The van der Waals surface area contributed by atoms with Gasteiger partial charge in [-0.15, -0.1) is 22.6 Å². The monoisotopic (exact) mass is 336 g/mol. The Labute approximate surface area is 131 Å². The van der Waals surface area contributed by atoms with Crippen LogP contribution in [0.1, 0.15) is 0 Å². The molecule has 2 N–H and O–H groups in total. The molecule has 3 rings (SSSR count). The van der Waals surface area contributed by atoms with Crippen molar-refractivity contribution < 1.29 is 0 Å². The summed E-state index contributed by atoms with van der Waals surface area (Å²) < 4.78 is 2.05. The third-order valence-corrected chi connectivity index (χ3v) is 4.55. The van der Waals surface area contributed by atoms with Gasteiger partial charge in [0, 0.05) is 28.9 Å². The van der Waals surface area contributed by atoms with E-state index in [2.05, 4.69) is 14.8 Å². The van der Waals surface area contributed by atoms with Gasteiger partial charge in [-0.1, -0.05) is 35.0 Å². The number of hydrogen-bond acceptors (Lipinski definition) is 4. The van der Waals surface area contributed by atoms with Gasteiger partial charge in [0.2, 0.25) is 0 Å². The van der Waals surface area contributed by atoms with Gasteiger partial charge in [0.15, 0.2) is 11.0 Å². The summed E-state index contributed by atoms with van der Waals surface area (Å²) in [5.41, 5.74) is 6.53. The second-order valence-electron chi connectivity index (χ2n) is 4.02. The van der Waals surface area contributed by atoms with Crippen molar-refractivity contribution in [3.05, 3.63) is 28.2 Å². The Balaban J connectivity index is 0.00000133. The van der Waals surface area contributed by atoms with E-state index >= 15 is 0 Å². The molecule has 1 atom stereocenters. The first-order valence-corrected chi connectivity index (χ1v) is 7.08. The Bertz CT molecular complexity index is 602. The van der Waals surface area contributed by atoms with E-state index in [0.717, 1.165) is 23.1 Å². The van der Waals surface area contributed by atoms with E-state index in [-0.39, 0.29) is 12.4 Å². The molecule has 2 heterocycles. The summed E-state index contributed by atoms with van der Waals surface area (Å²) in [5, 5.41) is 10.8. The fourth-order valence-electron chi connectivity index (χ4n) is 1.92. The van der Waals surface area contributed by atoms with Gasteiger partial charge in [-0.2, -0.15) is 0 Å². The van der Waals surface area contributed by atoms with Gasteiger partial charge in [0.1, 0.15) is 0 Å². The Morgan fingerprint density at radius 3 is 2.84 bits per heavy atom. The number of thioether (sulfide) groups is 1. The van der Waals surface area contributed by atoms with Crippen LogP contribution in [0.25, 0.3) is 11.4 Å². The predicted octanol–water partition coefficient (Wildman–Crippen LogP) is 3.11. The van der Waals surface area contributed by atoms with Crippen LogP contribution < -0.4 is 5.73 Å². The summed E-state index contributed by atoms with van der Waals surface area (Å²) >= 11 is 13.7. The number of hydrogen-bond donors (Lipinski definition) is 1. The van der Waals surface area contributed by atoms with Gasteiger partial charge < -0.3 is 10.3 Å². The molecule has 1 aliphatic heterocycles. The summed E-state index contributed by atoms with van der Waals surface area (Å²) in [6, 6.07) is 5.37. The molecule has 4 nitrogen and oxygen atoms in total. The highest BCUT2D eigenvalue weighted by molar-refractivity contribution is 8.00. The summed E-state index contributed by atoms with van der Waals surface area (Å²) in [4.78, 5) is 0. The molecule has 8 heteroatoms. The molecule has 102 valence electrons. The van der Waals surface area contributed by atoms with Crippen LogP contribution in [0.15, 0.2) is 23.4 Å². The van der Waals surface area contributed by atoms with Crippen LogP contribution in [0.4, 0.5) is 0 Å². The largest absolute Gasteiger partial charge is 0.329 e. The van der Waals surface area contributed by atoms with Gasteiger partial charge in [0.25, 0.3) is 0 Å². The third kappa shape index (κ3) is 2.71. The quantitative estimate of drug-likeness (QED) is 0.915. The standard InChI is InChI=1S/C11H10Cl2N4S.ClH/c12-6-1-2-8(9(13)3-6)10-15-16-11-17(10)5-7(4-14)18-11;/h1-3,7H,4-5,14H2;1H. The molecule has 0 aliphatic carbocycles. The van der Waals surface area contributed by atoms with Crippen molar-refractivity contribution in [2.45, 2.75) is 17.0 Å². The van der Waals surface area contributed by atoms with Crippen molar-refractivity contribution in [1.29, 1.82) is 0 Å². The average molecular weight is 338 g/mol. The molecule has 0 bridgehead atoms. The lowest BCUT2D eigenvalue weighted by Crippen LogP contribution is -2.18. The van der Waals surface area contributed by atoms with Crippen LogP contribution in [0.2, 0.25) is 10.0 Å².